The van der Waals surface area contributed by atoms with Gasteiger partial charge in [0.15, 0.2) is 10.9 Å². The van der Waals surface area contributed by atoms with Crippen LogP contribution in [0.15, 0.2) is 58.1 Å². The summed E-state index contributed by atoms with van der Waals surface area (Å²) in [5, 5.41) is 6.24. The van der Waals surface area contributed by atoms with Crippen LogP contribution in [0.3, 0.4) is 0 Å². The molecule has 122 valence electrons. The minimum atomic E-state index is -0.109. The van der Waals surface area contributed by atoms with Crippen LogP contribution in [0.1, 0.15) is 0 Å². The van der Waals surface area contributed by atoms with Crippen LogP contribution in [0.5, 0.6) is 0 Å². The highest BCUT2D eigenvalue weighted by molar-refractivity contribution is 6.41. The van der Waals surface area contributed by atoms with Crippen LogP contribution in [0.2, 0.25) is 10.0 Å². The predicted molar refractivity (Wildman–Crippen MR) is 109 cm³/mol. The molecule has 2 aliphatic rings. The van der Waals surface area contributed by atoms with Gasteiger partial charge < -0.3 is 0 Å². The molecule has 0 spiro atoms. The molecule has 26 heavy (non-hydrogen) atoms. The van der Waals surface area contributed by atoms with E-state index in [9.17, 15) is 9.59 Å². The van der Waals surface area contributed by atoms with Crippen molar-refractivity contribution in [2.75, 3.05) is 0 Å². The van der Waals surface area contributed by atoms with Gasteiger partial charge in [0.25, 0.3) is 0 Å². The monoisotopic (exact) mass is 374 g/mol. The number of rotatable bonds is 0. The van der Waals surface area contributed by atoms with Crippen LogP contribution in [-0.4, -0.2) is 0 Å². The number of halogens is 2. The van der Waals surface area contributed by atoms with Crippen molar-refractivity contribution in [1.82, 2.24) is 0 Å². The molecule has 2 aliphatic carbocycles. The summed E-state index contributed by atoms with van der Waals surface area (Å²) in [7, 11) is 0. The first-order chi connectivity index (χ1) is 12.6. The molecule has 4 heteroatoms. The maximum atomic E-state index is 13.3. The third kappa shape index (κ3) is 1.47. The molecule has 2 nitrogen and oxygen atoms in total. The standard InChI is InChI=1S/C22H8Cl2O2/c23-13-7-3-9-1-5-11-17-15(9)19(13)22(26)12-6-2-10-4-8-14(24)20(21(11)25)16(10)18(12)17/h1-8H. The Labute approximate surface area is 156 Å². The van der Waals surface area contributed by atoms with Gasteiger partial charge in [0.2, 0.25) is 0 Å². The Kier molecular flexibility index (Phi) is 2.52. The molecule has 0 atom stereocenters. The highest BCUT2D eigenvalue weighted by Gasteiger charge is 2.27. The molecule has 0 saturated carbocycles. The van der Waals surface area contributed by atoms with Crippen molar-refractivity contribution in [1.29, 1.82) is 0 Å². The first kappa shape index (κ1) is 14.5. The smallest absolute Gasteiger partial charge is 0.195 e. The molecular weight excluding hydrogens is 367 g/mol. The van der Waals surface area contributed by atoms with Crippen molar-refractivity contribution < 1.29 is 0 Å². The summed E-state index contributed by atoms with van der Waals surface area (Å²) < 4.78 is 0. The van der Waals surface area contributed by atoms with Gasteiger partial charge in [0, 0.05) is 43.4 Å². The second-order valence-corrected chi connectivity index (χ2v) is 7.49. The van der Waals surface area contributed by atoms with E-state index in [1.54, 1.807) is 12.1 Å². The van der Waals surface area contributed by atoms with Crippen LogP contribution >= 0.6 is 23.2 Å². The topological polar surface area (TPSA) is 34.1 Å². The molecule has 0 fully saturated rings. The summed E-state index contributed by atoms with van der Waals surface area (Å²) in [5.41, 5.74) is 1.39. The second-order valence-electron chi connectivity index (χ2n) is 6.68. The lowest BCUT2D eigenvalue weighted by atomic mass is 9.81. The molecule has 0 amide bonds. The Bertz CT molecular complexity index is 1470. The van der Waals surface area contributed by atoms with Crippen molar-refractivity contribution in [3.05, 3.63) is 79.0 Å². The van der Waals surface area contributed by atoms with E-state index in [0.29, 0.717) is 31.6 Å². The Morgan fingerprint density at radius 1 is 0.500 bits per heavy atom. The normalized spacial score (nSPS) is 12.5. The van der Waals surface area contributed by atoms with Crippen LogP contribution in [0.4, 0.5) is 0 Å². The van der Waals surface area contributed by atoms with Crippen LogP contribution in [0.25, 0.3) is 54.2 Å². The third-order valence-corrected chi connectivity index (χ3v) is 6.09. The molecule has 0 aliphatic heterocycles. The minimum Gasteiger partial charge on any atom is -0.289 e. The van der Waals surface area contributed by atoms with Crippen molar-refractivity contribution in [2.45, 2.75) is 0 Å². The van der Waals surface area contributed by atoms with Gasteiger partial charge in [-0.05, 0) is 35.0 Å². The van der Waals surface area contributed by atoms with Crippen molar-refractivity contribution in [2.24, 2.45) is 0 Å². The summed E-state index contributed by atoms with van der Waals surface area (Å²) in [4.78, 5) is 26.5. The van der Waals surface area contributed by atoms with E-state index in [0.717, 1.165) is 32.7 Å². The van der Waals surface area contributed by atoms with Gasteiger partial charge in [-0.3, -0.25) is 9.59 Å². The molecule has 0 saturated heterocycles. The first-order valence-corrected chi connectivity index (χ1v) is 8.93. The van der Waals surface area contributed by atoms with Crippen LogP contribution < -0.4 is 10.9 Å². The summed E-state index contributed by atoms with van der Waals surface area (Å²) in [6.07, 6.45) is 0. The second kappa shape index (κ2) is 4.53. The van der Waals surface area contributed by atoms with E-state index < -0.39 is 0 Å². The van der Waals surface area contributed by atoms with E-state index in [1.165, 1.54) is 0 Å². The fourth-order valence-electron chi connectivity index (χ4n) is 4.40. The Hall–Kier alpha value is -2.68. The van der Waals surface area contributed by atoms with Gasteiger partial charge in [-0.15, -0.1) is 0 Å². The van der Waals surface area contributed by atoms with E-state index in [2.05, 4.69) is 0 Å². The number of hydrogen-bond donors (Lipinski definition) is 0. The van der Waals surface area contributed by atoms with Crippen molar-refractivity contribution in [3.63, 3.8) is 0 Å². The third-order valence-electron chi connectivity index (χ3n) is 5.46. The molecule has 0 heterocycles. The predicted octanol–water partition coefficient (Wildman–Crippen LogP) is 5.74. The lowest BCUT2D eigenvalue weighted by Crippen LogP contribution is -2.13. The summed E-state index contributed by atoms with van der Waals surface area (Å²) in [6.45, 7) is 0. The van der Waals surface area contributed by atoms with Crippen LogP contribution in [0, 0.1) is 0 Å². The molecule has 4 aromatic rings. The molecule has 0 unspecified atom stereocenters. The van der Waals surface area contributed by atoms with Crippen molar-refractivity contribution in [3.8, 4) is 11.1 Å². The lowest BCUT2D eigenvalue weighted by Gasteiger charge is -2.21. The number of benzene rings is 6. The Morgan fingerprint density at radius 3 is 1.31 bits per heavy atom. The zero-order valence-electron chi connectivity index (χ0n) is 13.2. The van der Waals surface area contributed by atoms with E-state index in [-0.39, 0.29) is 10.9 Å². The molecule has 0 aromatic heterocycles. The maximum absolute atomic E-state index is 13.3. The molecule has 0 radical (unpaired) electrons. The van der Waals surface area contributed by atoms with Gasteiger partial charge in [0.05, 0.1) is 10.0 Å². The average Bonchev–Trinajstić information content (AvgIpc) is 2.64. The van der Waals surface area contributed by atoms with E-state index >= 15 is 0 Å². The van der Waals surface area contributed by atoms with E-state index in [4.69, 9.17) is 23.2 Å². The lowest BCUT2D eigenvalue weighted by molar-refractivity contribution is 1.65. The minimum absolute atomic E-state index is 0.109. The van der Waals surface area contributed by atoms with Crippen LogP contribution in [-0.2, 0) is 0 Å². The molecule has 4 aromatic carbocycles. The largest absolute Gasteiger partial charge is 0.289 e. The first-order valence-electron chi connectivity index (χ1n) is 8.18. The Morgan fingerprint density at radius 2 is 0.885 bits per heavy atom. The van der Waals surface area contributed by atoms with Gasteiger partial charge in [-0.25, -0.2) is 0 Å². The summed E-state index contributed by atoms with van der Waals surface area (Å²) in [6, 6.07) is 14.6. The Balaban J connectivity index is 2.18. The fourth-order valence-corrected chi connectivity index (χ4v) is 4.88. The molecular formula is C22H8Cl2O2. The summed E-state index contributed by atoms with van der Waals surface area (Å²) in [5.74, 6) is 0. The van der Waals surface area contributed by atoms with E-state index in [1.807, 2.05) is 36.4 Å². The SMILES string of the molecule is O=c1c2ccc3ccc(Cl)c4c(=O)c5ccc6ccc(Cl)c1c6c5-c2c34. The van der Waals surface area contributed by atoms with Gasteiger partial charge in [-0.1, -0.05) is 47.5 Å². The highest BCUT2D eigenvalue weighted by Crippen LogP contribution is 2.46. The van der Waals surface area contributed by atoms with Gasteiger partial charge in [0.1, 0.15) is 0 Å². The van der Waals surface area contributed by atoms with Crippen molar-refractivity contribution >= 4 is 66.3 Å². The fraction of sp³-hybridized carbons (Fsp3) is 0. The molecule has 0 bridgehead atoms. The zero-order valence-corrected chi connectivity index (χ0v) is 14.7. The number of hydrogen-bond acceptors (Lipinski definition) is 2. The molecule has 6 rings (SSSR count). The van der Waals surface area contributed by atoms with Gasteiger partial charge in [-0.2, -0.15) is 0 Å². The maximum Gasteiger partial charge on any atom is 0.195 e. The zero-order chi connectivity index (χ0) is 17.7. The quantitative estimate of drug-likeness (QED) is 0.250. The summed E-state index contributed by atoms with van der Waals surface area (Å²) >= 11 is 12.8. The highest BCUT2D eigenvalue weighted by atomic mass is 35.5. The molecule has 0 N–H and O–H groups in total. The van der Waals surface area contributed by atoms with Gasteiger partial charge >= 0.3 is 0 Å². The average molecular weight is 375 g/mol.